The molecule has 1 nitrogen and oxygen atoms in total. The van der Waals surface area contributed by atoms with Gasteiger partial charge in [0.05, 0.1) is 0 Å². The largest absolute Gasteiger partial charge is 0.384 e. The monoisotopic (exact) mass is 302 g/mol. The molecule has 0 aliphatic heterocycles. The van der Waals surface area contributed by atoms with Crippen molar-refractivity contribution in [1.82, 2.24) is 0 Å². The summed E-state index contributed by atoms with van der Waals surface area (Å²) in [7, 11) is 0. The first-order valence-corrected chi connectivity index (χ1v) is 7.08. The second-order valence-corrected chi connectivity index (χ2v) is 5.75. The zero-order valence-electron chi connectivity index (χ0n) is 10.1. The van der Waals surface area contributed by atoms with Gasteiger partial charge in [0.15, 0.2) is 0 Å². The first-order valence-electron chi connectivity index (χ1n) is 6.29. The second kappa shape index (κ2) is 4.87. The van der Waals surface area contributed by atoms with Gasteiger partial charge in [-0.15, -0.1) is 0 Å². The maximum absolute atomic E-state index is 10.4. The standard InChI is InChI=1S/C16H15BrO/c17-15-6-2-5-13(10-15)16(18)14-8-7-11-3-1-4-12(11)9-14/h2,5-10,16,18H,1,3-4H2. The molecule has 2 heteroatoms. The van der Waals surface area contributed by atoms with Crippen molar-refractivity contribution < 1.29 is 5.11 Å². The highest BCUT2D eigenvalue weighted by molar-refractivity contribution is 9.10. The third kappa shape index (κ3) is 2.23. The van der Waals surface area contributed by atoms with Gasteiger partial charge in [-0.3, -0.25) is 0 Å². The van der Waals surface area contributed by atoms with Crippen LogP contribution in [0.1, 0.15) is 34.8 Å². The molecule has 0 saturated heterocycles. The molecule has 1 aliphatic rings. The number of hydrogen-bond donors (Lipinski definition) is 1. The summed E-state index contributed by atoms with van der Waals surface area (Å²) >= 11 is 3.44. The van der Waals surface area contributed by atoms with Crippen molar-refractivity contribution in [1.29, 1.82) is 0 Å². The van der Waals surface area contributed by atoms with Gasteiger partial charge in [-0.05, 0) is 53.6 Å². The number of hydrogen-bond acceptors (Lipinski definition) is 1. The van der Waals surface area contributed by atoms with Gasteiger partial charge in [0.25, 0.3) is 0 Å². The molecule has 2 aromatic rings. The summed E-state index contributed by atoms with van der Waals surface area (Å²) in [6.07, 6.45) is 3.04. The van der Waals surface area contributed by atoms with Crippen LogP contribution in [0.25, 0.3) is 0 Å². The van der Waals surface area contributed by atoms with E-state index in [0.29, 0.717) is 0 Å². The minimum absolute atomic E-state index is 0.534. The van der Waals surface area contributed by atoms with Gasteiger partial charge in [0.1, 0.15) is 6.10 Å². The second-order valence-electron chi connectivity index (χ2n) is 4.84. The minimum atomic E-state index is -0.534. The van der Waals surface area contributed by atoms with Gasteiger partial charge >= 0.3 is 0 Å². The van der Waals surface area contributed by atoms with Crippen LogP contribution in [0.2, 0.25) is 0 Å². The average molecular weight is 303 g/mol. The molecule has 1 aliphatic carbocycles. The molecule has 18 heavy (non-hydrogen) atoms. The van der Waals surface area contributed by atoms with Crippen LogP contribution in [-0.2, 0) is 12.8 Å². The Bertz CT molecular complexity index is 577. The molecule has 0 amide bonds. The summed E-state index contributed by atoms with van der Waals surface area (Å²) in [5.41, 5.74) is 4.78. The first kappa shape index (κ1) is 11.9. The molecule has 0 radical (unpaired) electrons. The van der Waals surface area contributed by atoms with Gasteiger partial charge in [-0.25, -0.2) is 0 Å². The maximum atomic E-state index is 10.4. The summed E-state index contributed by atoms with van der Waals surface area (Å²) in [5, 5.41) is 10.4. The molecular weight excluding hydrogens is 288 g/mol. The quantitative estimate of drug-likeness (QED) is 0.888. The van der Waals surface area contributed by atoms with Crippen LogP contribution in [0.3, 0.4) is 0 Å². The fourth-order valence-corrected chi connectivity index (χ4v) is 3.05. The summed E-state index contributed by atoms with van der Waals surface area (Å²) in [6.45, 7) is 0. The predicted octanol–water partition coefficient (Wildman–Crippen LogP) is 4.02. The molecule has 2 aromatic carbocycles. The van der Waals surface area contributed by atoms with Crippen LogP contribution in [0.15, 0.2) is 46.9 Å². The molecule has 0 spiro atoms. The zero-order chi connectivity index (χ0) is 12.5. The fraction of sp³-hybridized carbons (Fsp3) is 0.250. The molecule has 1 unspecified atom stereocenters. The highest BCUT2D eigenvalue weighted by Crippen LogP contribution is 2.29. The highest BCUT2D eigenvalue weighted by atomic mass is 79.9. The SMILES string of the molecule is OC(c1cccc(Br)c1)c1ccc2c(c1)CCC2. The van der Waals surface area contributed by atoms with E-state index in [0.717, 1.165) is 22.0 Å². The van der Waals surface area contributed by atoms with Crippen LogP contribution in [-0.4, -0.2) is 5.11 Å². The Morgan fingerprint density at radius 2 is 1.72 bits per heavy atom. The Hall–Kier alpha value is -1.12. The van der Waals surface area contributed by atoms with E-state index in [-0.39, 0.29) is 0 Å². The number of aliphatic hydroxyl groups is 1. The van der Waals surface area contributed by atoms with Crippen molar-refractivity contribution in [3.05, 3.63) is 69.2 Å². The average Bonchev–Trinajstić information content (AvgIpc) is 2.85. The third-order valence-corrected chi connectivity index (χ3v) is 4.10. The van der Waals surface area contributed by atoms with E-state index in [4.69, 9.17) is 0 Å². The lowest BCUT2D eigenvalue weighted by atomic mass is 9.98. The Morgan fingerprint density at radius 1 is 0.944 bits per heavy atom. The van der Waals surface area contributed by atoms with Crippen LogP contribution >= 0.6 is 15.9 Å². The number of fused-ring (bicyclic) bond motifs is 1. The van der Waals surface area contributed by atoms with Gasteiger partial charge in [-0.1, -0.05) is 46.3 Å². The van der Waals surface area contributed by atoms with Crippen molar-refractivity contribution in [2.24, 2.45) is 0 Å². The Labute approximate surface area is 116 Å². The van der Waals surface area contributed by atoms with E-state index in [9.17, 15) is 5.11 Å². The summed E-state index contributed by atoms with van der Waals surface area (Å²) in [5.74, 6) is 0. The Balaban J connectivity index is 1.95. The molecule has 92 valence electrons. The minimum Gasteiger partial charge on any atom is -0.384 e. The first-order chi connectivity index (χ1) is 8.74. The van der Waals surface area contributed by atoms with Crippen molar-refractivity contribution in [3.63, 3.8) is 0 Å². The molecule has 0 fully saturated rings. The molecule has 0 heterocycles. The molecule has 3 rings (SSSR count). The van der Waals surface area contributed by atoms with Gasteiger partial charge < -0.3 is 5.11 Å². The number of benzene rings is 2. The van der Waals surface area contributed by atoms with Gasteiger partial charge in [0, 0.05) is 4.47 Å². The van der Waals surface area contributed by atoms with Crippen molar-refractivity contribution in [3.8, 4) is 0 Å². The molecule has 1 atom stereocenters. The Kier molecular flexibility index (Phi) is 3.23. The van der Waals surface area contributed by atoms with Crippen LogP contribution in [0.5, 0.6) is 0 Å². The lowest BCUT2D eigenvalue weighted by Crippen LogP contribution is -2.00. The van der Waals surface area contributed by atoms with E-state index < -0.39 is 6.10 Å². The van der Waals surface area contributed by atoms with E-state index in [1.54, 1.807) is 0 Å². The number of aliphatic hydroxyl groups excluding tert-OH is 1. The Morgan fingerprint density at radius 3 is 2.56 bits per heavy atom. The highest BCUT2D eigenvalue weighted by Gasteiger charge is 2.15. The lowest BCUT2D eigenvalue weighted by molar-refractivity contribution is 0.220. The van der Waals surface area contributed by atoms with E-state index in [2.05, 4.69) is 34.1 Å². The topological polar surface area (TPSA) is 20.2 Å². The van der Waals surface area contributed by atoms with Gasteiger partial charge in [0.2, 0.25) is 0 Å². The predicted molar refractivity (Wildman–Crippen MR) is 76.7 cm³/mol. The summed E-state index contributed by atoms with van der Waals surface area (Å²) in [6, 6.07) is 14.2. The molecular formula is C16H15BrO. The maximum Gasteiger partial charge on any atom is 0.104 e. The van der Waals surface area contributed by atoms with Crippen LogP contribution in [0.4, 0.5) is 0 Å². The molecule has 0 aromatic heterocycles. The van der Waals surface area contributed by atoms with E-state index in [1.165, 1.54) is 24.0 Å². The third-order valence-electron chi connectivity index (χ3n) is 3.60. The number of rotatable bonds is 2. The summed E-state index contributed by atoms with van der Waals surface area (Å²) in [4.78, 5) is 0. The smallest absolute Gasteiger partial charge is 0.104 e. The zero-order valence-corrected chi connectivity index (χ0v) is 11.7. The van der Waals surface area contributed by atoms with Crippen molar-refractivity contribution >= 4 is 15.9 Å². The lowest BCUT2D eigenvalue weighted by Gasteiger charge is -2.13. The van der Waals surface area contributed by atoms with Crippen LogP contribution in [0, 0.1) is 0 Å². The van der Waals surface area contributed by atoms with E-state index in [1.807, 2.05) is 24.3 Å². The molecule has 0 saturated carbocycles. The van der Waals surface area contributed by atoms with Crippen molar-refractivity contribution in [2.45, 2.75) is 25.4 Å². The number of aryl methyl sites for hydroxylation is 2. The molecule has 1 N–H and O–H groups in total. The number of halogens is 1. The van der Waals surface area contributed by atoms with E-state index >= 15 is 0 Å². The normalized spacial score (nSPS) is 15.4. The van der Waals surface area contributed by atoms with Gasteiger partial charge in [-0.2, -0.15) is 0 Å². The van der Waals surface area contributed by atoms with Crippen molar-refractivity contribution in [2.75, 3.05) is 0 Å². The fourth-order valence-electron chi connectivity index (χ4n) is 2.63. The van der Waals surface area contributed by atoms with Crippen LogP contribution < -0.4 is 0 Å². The molecule has 0 bridgehead atoms. The summed E-state index contributed by atoms with van der Waals surface area (Å²) < 4.78 is 1.00.